The zero-order valence-electron chi connectivity index (χ0n) is 13.3. The first-order valence-corrected chi connectivity index (χ1v) is 7.75. The number of likely N-dealkylation sites (N-methyl/N-ethyl adjacent to an activating group) is 1. The van der Waals surface area contributed by atoms with Crippen LogP contribution in [-0.4, -0.2) is 39.8 Å². The molecule has 0 fully saturated rings. The number of rotatable bonds is 8. The standard InChI is InChI=1S/C17H29NO2/c1-5-17(6-2,18(7-3)8-4)16(20)13-14-10-9-11-15(19)12-14/h9-12,16,19-20H,5-8,13H2,1-4H3. The minimum Gasteiger partial charge on any atom is -0.508 e. The molecule has 114 valence electrons. The van der Waals surface area contributed by atoms with E-state index in [0.717, 1.165) is 31.5 Å². The van der Waals surface area contributed by atoms with E-state index in [9.17, 15) is 10.2 Å². The summed E-state index contributed by atoms with van der Waals surface area (Å²) in [6.07, 6.45) is 1.99. The van der Waals surface area contributed by atoms with Crippen molar-refractivity contribution in [3.8, 4) is 5.75 Å². The Morgan fingerprint density at radius 1 is 1.10 bits per heavy atom. The van der Waals surface area contributed by atoms with Crippen molar-refractivity contribution in [1.29, 1.82) is 0 Å². The second-order valence-electron chi connectivity index (χ2n) is 5.37. The number of phenols is 1. The van der Waals surface area contributed by atoms with Gasteiger partial charge in [-0.25, -0.2) is 0 Å². The van der Waals surface area contributed by atoms with Gasteiger partial charge in [-0.15, -0.1) is 0 Å². The molecular weight excluding hydrogens is 250 g/mol. The van der Waals surface area contributed by atoms with Gasteiger partial charge in [-0.05, 0) is 43.6 Å². The monoisotopic (exact) mass is 279 g/mol. The van der Waals surface area contributed by atoms with E-state index in [1.165, 1.54) is 0 Å². The third kappa shape index (κ3) is 3.53. The molecule has 1 unspecified atom stereocenters. The molecule has 1 aromatic carbocycles. The van der Waals surface area contributed by atoms with E-state index in [2.05, 4.69) is 32.6 Å². The lowest BCUT2D eigenvalue weighted by Gasteiger charge is -2.46. The minimum atomic E-state index is -0.431. The van der Waals surface area contributed by atoms with Crippen LogP contribution in [0.4, 0.5) is 0 Å². The Morgan fingerprint density at radius 2 is 1.70 bits per heavy atom. The fourth-order valence-corrected chi connectivity index (χ4v) is 3.33. The molecule has 0 aliphatic carbocycles. The van der Waals surface area contributed by atoms with Crippen LogP contribution < -0.4 is 0 Å². The Kier molecular flexibility index (Phi) is 6.50. The van der Waals surface area contributed by atoms with E-state index < -0.39 is 6.10 Å². The molecule has 0 bridgehead atoms. The Labute approximate surface area is 123 Å². The second-order valence-corrected chi connectivity index (χ2v) is 5.37. The van der Waals surface area contributed by atoms with Gasteiger partial charge in [0.1, 0.15) is 5.75 Å². The molecular formula is C17H29NO2. The molecule has 0 aromatic heterocycles. The average molecular weight is 279 g/mol. The van der Waals surface area contributed by atoms with Crippen LogP contribution in [0.5, 0.6) is 5.75 Å². The Hall–Kier alpha value is -1.06. The summed E-state index contributed by atoms with van der Waals surface area (Å²) in [5.41, 5.74) is 0.797. The molecule has 0 heterocycles. The maximum absolute atomic E-state index is 10.8. The van der Waals surface area contributed by atoms with Gasteiger partial charge in [0.15, 0.2) is 0 Å². The molecule has 3 nitrogen and oxygen atoms in total. The lowest BCUT2D eigenvalue weighted by molar-refractivity contribution is -0.0341. The smallest absolute Gasteiger partial charge is 0.115 e. The summed E-state index contributed by atoms with van der Waals surface area (Å²) in [6.45, 7) is 10.5. The molecule has 0 spiro atoms. The van der Waals surface area contributed by atoms with Crippen LogP contribution >= 0.6 is 0 Å². The second kappa shape index (κ2) is 7.65. The number of aliphatic hydroxyl groups is 1. The number of nitrogens with zero attached hydrogens (tertiary/aromatic N) is 1. The lowest BCUT2D eigenvalue weighted by atomic mass is 9.81. The normalized spacial score (nSPS) is 13.7. The van der Waals surface area contributed by atoms with Crippen molar-refractivity contribution in [2.45, 2.75) is 58.6 Å². The zero-order valence-corrected chi connectivity index (χ0v) is 13.3. The van der Waals surface area contributed by atoms with E-state index in [1.807, 2.05) is 12.1 Å². The molecule has 3 heteroatoms. The van der Waals surface area contributed by atoms with Crippen LogP contribution in [0.3, 0.4) is 0 Å². The first kappa shape index (κ1) is 17.0. The highest BCUT2D eigenvalue weighted by molar-refractivity contribution is 5.28. The number of hydrogen-bond acceptors (Lipinski definition) is 3. The van der Waals surface area contributed by atoms with Gasteiger partial charge in [-0.3, -0.25) is 4.90 Å². The van der Waals surface area contributed by atoms with Gasteiger partial charge >= 0.3 is 0 Å². The van der Waals surface area contributed by atoms with Crippen molar-refractivity contribution in [3.05, 3.63) is 29.8 Å². The topological polar surface area (TPSA) is 43.7 Å². The average Bonchev–Trinajstić information content (AvgIpc) is 2.44. The molecule has 0 radical (unpaired) electrons. The summed E-state index contributed by atoms with van der Waals surface area (Å²) < 4.78 is 0. The number of phenolic OH excluding ortho intramolecular Hbond substituents is 1. The molecule has 0 aliphatic heterocycles. The van der Waals surface area contributed by atoms with E-state index in [4.69, 9.17) is 0 Å². The molecule has 0 saturated carbocycles. The fourth-order valence-electron chi connectivity index (χ4n) is 3.33. The summed E-state index contributed by atoms with van der Waals surface area (Å²) in [4.78, 5) is 2.36. The highest BCUT2D eigenvalue weighted by atomic mass is 16.3. The van der Waals surface area contributed by atoms with Crippen molar-refractivity contribution in [3.63, 3.8) is 0 Å². The van der Waals surface area contributed by atoms with Crippen molar-refractivity contribution in [2.75, 3.05) is 13.1 Å². The Bertz CT molecular complexity index is 398. The highest BCUT2D eigenvalue weighted by Gasteiger charge is 2.38. The van der Waals surface area contributed by atoms with Gasteiger partial charge in [-0.1, -0.05) is 39.8 Å². The van der Waals surface area contributed by atoms with Gasteiger partial charge in [0.25, 0.3) is 0 Å². The number of hydrogen-bond donors (Lipinski definition) is 2. The fraction of sp³-hybridized carbons (Fsp3) is 0.647. The minimum absolute atomic E-state index is 0.186. The third-order valence-corrected chi connectivity index (χ3v) is 4.58. The predicted octanol–water partition coefficient (Wildman–Crippen LogP) is 3.20. The van der Waals surface area contributed by atoms with Crippen LogP contribution in [0.2, 0.25) is 0 Å². The molecule has 0 saturated heterocycles. The highest BCUT2D eigenvalue weighted by Crippen LogP contribution is 2.30. The Balaban J connectivity index is 2.96. The van der Waals surface area contributed by atoms with Gasteiger partial charge in [0.2, 0.25) is 0 Å². The maximum Gasteiger partial charge on any atom is 0.115 e. The number of aromatic hydroxyl groups is 1. The third-order valence-electron chi connectivity index (χ3n) is 4.58. The van der Waals surface area contributed by atoms with E-state index >= 15 is 0 Å². The molecule has 2 N–H and O–H groups in total. The zero-order chi connectivity index (χ0) is 15.2. The van der Waals surface area contributed by atoms with Crippen LogP contribution in [0, 0.1) is 0 Å². The summed E-state index contributed by atoms with van der Waals surface area (Å²) in [5, 5.41) is 20.4. The largest absolute Gasteiger partial charge is 0.508 e. The molecule has 0 amide bonds. The summed E-state index contributed by atoms with van der Waals surface area (Å²) >= 11 is 0. The van der Waals surface area contributed by atoms with E-state index in [-0.39, 0.29) is 11.3 Å². The van der Waals surface area contributed by atoms with Crippen molar-refractivity contribution in [2.24, 2.45) is 0 Å². The Morgan fingerprint density at radius 3 is 2.15 bits per heavy atom. The quantitative estimate of drug-likeness (QED) is 0.768. The van der Waals surface area contributed by atoms with Crippen LogP contribution in [0.15, 0.2) is 24.3 Å². The predicted molar refractivity (Wildman–Crippen MR) is 84.1 cm³/mol. The van der Waals surface area contributed by atoms with Gasteiger partial charge in [0.05, 0.1) is 6.10 Å². The first-order valence-electron chi connectivity index (χ1n) is 7.75. The van der Waals surface area contributed by atoms with Crippen LogP contribution in [0.25, 0.3) is 0 Å². The maximum atomic E-state index is 10.8. The van der Waals surface area contributed by atoms with Crippen LogP contribution in [-0.2, 0) is 6.42 Å². The SMILES string of the molecule is CCN(CC)C(CC)(CC)C(O)Cc1cccc(O)c1. The molecule has 1 rings (SSSR count). The lowest BCUT2D eigenvalue weighted by Crippen LogP contribution is -2.56. The molecule has 0 aliphatic rings. The summed E-state index contributed by atoms with van der Waals surface area (Å²) in [6, 6.07) is 7.18. The van der Waals surface area contributed by atoms with Crippen molar-refractivity contribution in [1.82, 2.24) is 4.90 Å². The first-order chi connectivity index (χ1) is 9.53. The number of benzene rings is 1. The van der Waals surface area contributed by atoms with Crippen LogP contribution in [0.1, 0.15) is 46.1 Å². The number of aliphatic hydroxyl groups excluding tert-OH is 1. The van der Waals surface area contributed by atoms with E-state index in [1.54, 1.807) is 12.1 Å². The van der Waals surface area contributed by atoms with Gasteiger partial charge in [-0.2, -0.15) is 0 Å². The molecule has 20 heavy (non-hydrogen) atoms. The summed E-state index contributed by atoms with van der Waals surface area (Å²) in [7, 11) is 0. The molecule has 1 aromatic rings. The van der Waals surface area contributed by atoms with Gasteiger partial charge in [0, 0.05) is 12.0 Å². The molecule has 1 atom stereocenters. The van der Waals surface area contributed by atoms with Crippen molar-refractivity contribution >= 4 is 0 Å². The van der Waals surface area contributed by atoms with Crippen molar-refractivity contribution < 1.29 is 10.2 Å². The summed E-state index contributed by atoms with van der Waals surface area (Å²) in [5.74, 6) is 0.260. The van der Waals surface area contributed by atoms with Gasteiger partial charge < -0.3 is 10.2 Å². The van der Waals surface area contributed by atoms with E-state index in [0.29, 0.717) is 6.42 Å².